The molecule has 1 heterocycles. The predicted octanol–water partition coefficient (Wildman–Crippen LogP) is 1.78. The number of ether oxygens (including phenoxy) is 1. The average Bonchev–Trinajstić information content (AvgIpc) is 2.27. The Morgan fingerprint density at radius 3 is 2.88 bits per heavy atom. The fourth-order valence-corrected chi connectivity index (χ4v) is 1.56. The van der Waals surface area contributed by atoms with E-state index in [2.05, 4.69) is 9.88 Å². The second-order valence-electron chi connectivity index (χ2n) is 4.06. The molecule has 0 aliphatic rings. The molecule has 0 aliphatic carbocycles. The van der Waals surface area contributed by atoms with Crippen molar-refractivity contribution >= 4 is 5.97 Å². The van der Waals surface area contributed by atoms with Gasteiger partial charge in [-0.05, 0) is 33.0 Å². The van der Waals surface area contributed by atoms with Crippen molar-refractivity contribution in [2.45, 2.75) is 26.8 Å². The lowest BCUT2D eigenvalue weighted by Crippen LogP contribution is -2.22. The molecule has 1 aromatic heterocycles. The third kappa shape index (κ3) is 5.45. The molecule has 0 bridgehead atoms. The molecule has 17 heavy (non-hydrogen) atoms. The van der Waals surface area contributed by atoms with Gasteiger partial charge in [-0.25, -0.2) is 0 Å². The maximum atomic E-state index is 11.2. The zero-order valence-corrected chi connectivity index (χ0v) is 10.8. The molecule has 1 rings (SSSR count). The molecule has 0 N–H and O–H groups in total. The van der Waals surface area contributed by atoms with Gasteiger partial charge in [0, 0.05) is 18.8 Å². The van der Waals surface area contributed by atoms with E-state index in [0.717, 1.165) is 17.9 Å². The van der Waals surface area contributed by atoms with E-state index >= 15 is 0 Å². The van der Waals surface area contributed by atoms with Crippen LogP contribution in [0, 0.1) is 6.92 Å². The normalized spacial score (nSPS) is 10.6. The number of rotatable bonds is 6. The van der Waals surface area contributed by atoms with E-state index in [4.69, 9.17) is 4.74 Å². The monoisotopic (exact) mass is 236 g/mol. The Labute approximate surface area is 103 Å². The van der Waals surface area contributed by atoms with Crippen LogP contribution in [0.3, 0.4) is 0 Å². The van der Waals surface area contributed by atoms with Gasteiger partial charge < -0.3 is 4.74 Å². The molecule has 0 amide bonds. The van der Waals surface area contributed by atoms with E-state index in [0.29, 0.717) is 19.6 Å². The van der Waals surface area contributed by atoms with Crippen LogP contribution in [0.15, 0.2) is 18.2 Å². The Bertz CT molecular complexity index is 366. The largest absolute Gasteiger partial charge is 0.466 e. The maximum absolute atomic E-state index is 11.2. The van der Waals surface area contributed by atoms with Crippen LogP contribution < -0.4 is 0 Å². The highest BCUT2D eigenvalue weighted by molar-refractivity contribution is 5.69. The fraction of sp³-hybridized carbons (Fsp3) is 0.538. The van der Waals surface area contributed by atoms with Crippen LogP contribution in [0.4, 0.5) is 0 Å². The first-order valence-electron chi connectivity index (χ1n) is 5.88. The first kappa shape index (κ1) is 13.6. The second-order valence-corrected chi connectivity index (χ2v) is 4.06. The van der Waals surface area contributed by atoms with E-state index < -0.39 is 0 Å². The lowest BCUT2D eigenvalue weighted by atomic mass is 10.3. The summed E-state index contributed by atoms with van der Waals surface area (Å²) in [4.78, 5) is 17.7. The fourth-order valence-electron chi connectivity index (χ4n) is 1.56. The molecule has 0 aliphatic heterocycles. The number of hydrogen-bond acceptors (Lipinski definition) is 4. The van der Waals surface area contributed by atoms with Crippen LogP contribution in [0.2, 0.25) is 0 Å². The third-order valence-electron chi connectivity index (χ3n) is 2.38. The van der Waals surface area contributed by atoms with E-state index in [9.17, 15) is 4.79 Å². The molecule has 1 aromatic rings. The van der Waals surface area contributed by atoms with Crippen LogP contribution >= 0.6 is 0 Å². The van der Waals surface area contributed by atoms with Gasteiger partial charge in [0.15, 0.2) is 0 Å². The molecule has 0 radical (unpaired) electrons. The maximum Gasteiger partial charge on any atom is 0.307 e. The Morgan fingerprint density at radius 1 is 1.47 bits per heavy atom. The van der Waals surface area contributed by atoms with Crippen LogP contribution in [0.25, 0.3) is 0 Å². The number of aromatic nitrogens is 1. The van der Waals surface area contributed by atoms with Crippen LogP contribution in [-0.2, 0) is 16.1 Å². The summed E-state index contributed by atoms with van der Waals surface area (Å²) in [6.45, 7) is 5.68. The highest BCUT2D eigenvalue weighted by atomic mass is 16.5. The van der Waals surface area contributed by atoms with Gasteiger partial charge in [0.2, 0.25) is 0 Å². The topological polar surface area (TPSA) is 42.4 Å². The SMILES string of the molecule is CCOC(=O)CCN(C)Cc1cccc(C)n1. The number of aryl methyl sites for hydroxylation is 1. The summed E-state index contributed by atoms with van der Waals surface area (Å²) in [5.74, 6) is -0.142. The zero-order chi connectivity index (χ0) is 12.7. The van der Waals surface area contributed by atoms with Gasteiger partial charge in [-0.1, -0.05) is 6.07 Å². The summed E-state index contributed by atoms with van der Waals surface area (Å²) in [5, 5.41) is 0. The van der Waals surface area contributed by atoms with Crippen molar-refractivity contribution < 1.29 is 9.53 Å². The number of nitrogens with zero attached hydrogens (tertiary/aromatic N) is 2. The average molecular weight is 236 g/mol. The summed E-state index contributed by atoms with van der Waals surface area (Å²) in [6.07, 6.45) is 0.427. The van der Waals surface area contributed by atoms with E-state index in [-0.39, 0.29) is 5.97 Å². The van der Waals surface area contributed by atoms with Crippen molar-refractivity contribution in [3.8, 4) is 0 Å². The van der Waals surface area contributed by atoms with Crippen molar-refractivity contribution in [3.05, 3.63) is 29.6 Å². The Hall–Kier alpha value is -1.42. The second kappa shape index (κ2) is 7.01. The number of carbonyl (C=O) groups excluding carboxylic acids is 1. The highest BCUT2D eigenvalue weighted by Crippen LogP contribution is 2.02. The Balaban J connectivity index is 2.34. The van der Waals surface area contributed by atoms with E-state index in [1.807, 2.05) is 39.1 Å². The van der Waals surface area contributed by atoms with Crippen LogP contribution in [-0.4, -0.2) is 36.1 Å². The minimum Gasteiger partial charge on any atom is -0.466 e. The van der Waals surface area contributed by atoms with Gasteiger partial charge in [-0.3, -0.25) is 14.7 Å². The molecule has 4 heteroatoms. The zero-order valence-electron chi connectivity index (χ0n) is 10.8. The molecular weight excluding hydrogens is 216 g/mol. The van der Waals surface area contributed by atoms with E-state index in [1.165, 1.54) is 0 Å². The number of hydrogen-bond donors (Lipinski definition) is 0. The molecule has 0 saturated carbocycles. The smallest absolute Gasteiger partial charge is 0.307 e. The quantitative estimate of drug-likeness (QED) is 0.706. The van der Waals surface area contributed by atoms with Gasteiger partial charge in [0.1, 0.15) is 0 Å². The molecular formula is C13H20N2O2. The summed E-state index contributed by atoms with van der Waals surface area (Å²) in [5.41, 5.74) is 2.04. The standard InChI is InChI=1S/C13H20N2O2/c1-4-17-13(16)8-9-15(3)10-12-7-5-6-11(2)14-12/h5-7H,4,8-10H2,1-3H3. The summed E-state index contributed by atoms with van der Waals surface area (Å²) in [6, 6.07) is 5.97. The Morgan fingerprint density at radius 2 is 2.24 bits per heavy atom. The molecule has 94 valence electrons. The minimum absolute atomic E-state index is 0.142. The van der Waals surface area contributed by atoms with Gasteiger partial charge >= 0.3 is 5.97 Å². The minimum atomic E-state index is -0.142. The lowest BCUT2D eigenvalue weighted by molar-refractivity contribution is -0.143. The third-order valence-corrected chi connectivity index (χ3v) is 2.38. The van der Waals surface area contributed by atoms with Gasteiger partial charge in [-0.2, -0.15) is 0 Å². The first-order valence-corrected chi connectivity index (χ1v) is 5.88. The van der Waals surface area contributed by atoms with Crippen molar-refractivity contribution in [1.29, 1.82) is 0 Å². The molecule has 0 atom stereocenters. The molecule has 0 aromatic carbocycles. The van der Waals surface area contributed by atoms with Crippen LogP contribution in [0.1, 0.15) is 24.7 Å². The molecule has 4 nitrogen and oxygen atoms in total. The lowest BCUT2D eigenvalue weighted by Gasteiger charge is -2.15. The van der Waals surface area contributed by atoms with Crippen molar-refractivity contribution in [1.82, 2.24) is 9.88 Å². The van der Waals surface area contributed by atoms with Crippen molar-refractivity contribution in [2.24, 2.45) is 0 Å². The molecule has 0 saturated heterocycles. The highest BCUT2D eigenvalue weighted by Gasteiger charge is 2.06. The number of carbonyl (C=O) groups is 1. The van der Waals surface area contributed by atoms with Gasteiger partial charge in [0.05, 0.1) is 18.7 Å². The van der Waals surface area contributed by atoms with Gasteiger partial charge in [-0.15, -0.1) is 0 Å². The molecule has 0 unspecified atom stereocenters. The first-order chi connectivity index (χ1) is 8.11. The molecule has 0 fully saturated rings. The summed E-state index contributed by atoms with van der Waals surface area (Å²) < 4.78 is 4.88. The Kier molecular flexibility index (Phi) is 5.63. The molecule has 0 spiro atoms. The number of esters is 1. The van der Waals surface area contributed by atoms with Gasteiger partial charge in [0.25, 0.3) is 0 Å². The van der Waals surface area contributed by atoms with Crippen LogP contribution in [0.5, 0.6) is 0 Å². The number of pyridine rings is 1. The van der Waals surface area contributed by atoms with Crippen molar-refractivity contribution in [3.63, 3.8) is 0 Å². The predicted molar refractivity (Wildman–Crippen MR) is 66.6 cm³/mol. The summed E-state index contributed by atoms with van der Waals surface area (Å²) in [7, 11) is 1.98. The van der Waals surface area contributed by atoms with Crippen molar-refractivity contribution in [2.75, 3.05) is 20.2 Å². The van der Waals surface area contributed by atoms with E-state index in [1.54, 1.807) is 0 Å². The summed E-state index contributed by atoms with van der Waals surface area (Å²) >= 11 is 0.